The lowest BCUT2D eigenvalue weighted by atomic mass is 9.98. The molecule has 0 radical (unpaired) electrons. The van der Waals surface area contributed by atoms with Crippen LogP contribution < -0.4 is 5.43 Å². The van der Waals surface area contributed by atoms with Gasteiger partial charge in [0.2, 0.25) is 17.6 Å². The summed E-state index contributed by atoms with van der Waals surface area (Å²) in [5.74, 6) is -1.69. The third-order valence-electron chi connectivity index (χ3n) is 6.41. The lowest BCUT2D eigenvalue weighted by Crippen LogP contribution is -2.45. The molecule has 0 aliphatic carbocycles. The maximum atomic E-state index is 12.7. The number of furan rings is 1. The van der Waals surface area contributed by atoms with Crippen LogP contribution in [-0.4, -0.2) is 73.7 Å². The Morgan fingerprint density at radius 1 is 1.03 bits per heavy atom. The average molecular weight is 525 g/mol. The average Bonchev–Trinajstić information content (AvgIpc) is 3.43. The number of ether oxygens (including phenoxy) is 2. The molecule has 1 amide bonds. The summed E-state index contributed by atoms with van der Waals surface area (Å²) in [6.45, 7) is 2.59. The second-order valence-electron chi connectivity index (χ2n) is 8.81. The van der Waals surface area contributed by atoms with Crippen LogP contribution in [0, 0.1) is 0 Å². The van der Waals surface area contributed by atoms with Gasteiger partial charge in [-0.05, 0) is 24.3 Å². The molecule has 1 saturated heterocycles. The monoisotopic (exact) mass is 524 g/mol. The highest BCUT2D eigenvalue weighted by atomic mass is 16.5. The zero-order valence-electron chi connectivity index (χ0n) is 21.0. The molecule has 3 heterocycles. The molecule has 11 heteroatoms. The van der Waals surface area contributed by atoms with Crippen molar-refractivity contribution in [1.82, 2.24) is 9.80 Å². The predicted octanol–water partition coefficient (Wildman–Crippen LogP) is 2.36. The zero-order valence-corrected chi connectivity index (χ0v) is 21.0. The molecule has 0 spiro atoms. The number of esters is 2. The van der Waals surface area contributed by atoms with E-state index in [9.17, 15) is 24.3 Å². The number of piperazine rings is 1. The Kier molecular flexibility index (Phi) is 8.27. The Hall–Kier alpha value is -4.38. The number of carbonyl (C=O) groups is 3. The van der Waals surface area contributed by atoms with Gasteiger partial charge in [-0.15, -0.1) is 0 Å². The maximum Gasteiger partial charge on any atom is 0.337 e. The van der Waals surface area contributed by atoms with Crippen LogP contribution in [0.25, 0.3) is 11.3 Å². The van der Waals surface area contributed by atoms with E-state index in [1.54, 1.807) is 41.3 Å². The van der Waals surface area contributed by atoms with Gasteiger partial charge in [-0.3, -0.25) is 19.3 Å². The van der Waals surface area contributed by atoms with Crippen LogP contribution >= 0.6 is 0 Å². The van der Waals surface area contributed by atoms with E-state index >= 15 is 0 Å². The molecule has 4 rings (SSSR count). The van der Waals surface area contributed by atoms with Crippen LogP contribution in [0.15, 0.2) is 56.1 Å². The summed E-state index contributed by atoms with van der Waals surface area (Å²) >= 11 is 0. The van der Waals surface area contributed by atoms with Gasteiger partial charge >= 0.3 is 11.9 Å². The molecule has 1 atom stereocenters. The molecule has 0 bridgehead atoms. The summed E-state index contributed by atoms with van der Waals surface area (Å²) in [4.78, 5) is 51.3. The van der Waals surface area contributed by atoms with Crippen LogP contribution in [0.5, 0.6) is 5.75 Å². The van der Waals surface area contributed by atoms with Gasteiger partial charge in [0.05, 0.1) is 38.7 Å². The number of rotatable bonds is 9. The quantitative estimate of drug-likeness (QED) is 0.328. The zero-order chi connectivity index (χ0) is 27.2. The van der Waals surface area contributed by atoms with Crippen LogP contribution in [0.4, 0.5) is 0 Å². The fourth-order valence-corrected chi connectivity index (χ4v) is 4.27. The van der Waals surface area contributed by atoms with E-state index in [2.05, 4.69) is 0 Å². The van der Waals surface area contributed by atoms with Crippen LogP contribution in [0.1, 0.15) is 40.0 Å². The molecule has 38 heavy (non-hydrogen) atoms. The number of amides is 1. The van der Waals surface area contributed by atoms with Crippen LogP contribution in [0.2, 0.25) is 0 Å². The first-order valence-electron chi connectivity index (χ1n) is 12.0. The van der Waals surface area contributed by atoms with Crippen LogP contribution in [0.3, 0.4) is 0 Å². The Morgan fingerprint density at radius 2 is 1.74 bits per heavy atom. The highest BCUT2D eigenvalue weighted by molar-refractivity contribution is 5.89. The van der Waals surface area contributed by atoms with E-state index in [0.29, 0.717) is 48.8 Å². The molecule has 2 aromatic heterocycles. The number of carbonyl (C=O) groups excluding carboxylic acids is 3. The largest absolute Gasteiger partial charge is 0.502 e. The second kappa shape index (κ2) is 11.8. The molecule has 1 fully saturated rings. The van der Waals surface area contributed by atoms with Gasteiger partial charge in [-0.2, -0.15) is 0 Å². The molecular formula is C27H28N2O9. The Balaban J connectivity index is 1.64. The van der Waals surface area contributed by atoms with E-state index in [1.807, 2.05) is 4.90 Å². The SMILES string of the molecule is COC(=O)C[C@H](c1ccc(-c2ccc(C(=O)OC)cc2)o1)c1oc(CN2CCN(C=O)CC2)cc(=O)c1O. The van der Waals surface area contributed by atoms with E-state index in [4.69, 9.17) is 18.3 Å². The molecule has 200 valence electrons. The molecule has 1 aromatic carbocycles. The summed E-state index contributed by atoms with van der Waals surface area (Å²) < 4.78 is 21.6. The van der Waals surface area contributed by atoms with Crippen LogP contribution in [-0.2, 0) is 25.6 Å². The summed E-state index contributed by atoms with van der Waals surface area (Å²) in [6.07, 6.45) is 0.557. The molecular weight excluding hydrogens is 496 g/mol. The van der Waals surface area contributed by atoms with Gasteiger partial charge in [0.15, 0.2) is 5.76 Å². The Morgan fingerprint density at radius 3 is 2.37 bits per heavy atom. The van der Waals surface area contributed by atoms with E-state index in [0.717, 1.165) is 6.41 Å². The number of hydrogen-bond donors (Lipinski definition) is 1. The summed E-state index contributed by atoms with van der Waals surface area (Å²) in [5.41, 5.74) is 0.394. The van der Waals surface area contributed by atoms with Crippen molar-refractivity contribution < 1.29 is 37.8 Å². The maximum absolute atomic E-state index is 12.7. The number of benzene rings is 1. The fourth-order valence-electron chi connectivity index (χ4n) is 4.27. The van der Waals surface area contributed by atoms with Gasteiger partial charge < -0.3 is 28.3 Å². The Bertz CT molecular complexity index is 1350. The third kappa shape index (κ3) is 5.94. The number of hydrogen-bond acceptors (Lipinski definition) is 10. The minimum absolute atomic E-state index is 0.105. The molecule has 0 saturated carbocycles. The first-order chi connectivity index (χ1) is 18.3. The minimum atomic E-state index is -0.940. The molecule has 1 N–H and O–H groups in total. The van der Waals surface area contributed by atoms with Crippen molar-refractivity contribution in [1.29, 1.82) is 0 Å². The van der Waals surface area contributed by atoms with E-state index in [1.165, 1.54) is 20.3 Å². The molecule has 1 aliphatic rings. The number of methoxy groups -OCH3 is 2. The highest BCUT2D eigenvalue weighted by Crippen LogP contribution is 2.36. The van der Waals surface area contributed by atoms with Crippen molar-refractivity contribution in [2.24, 2.45) is 0 Å². The minimum Gasteiger partial charge on any atom is -0.502 e. The standard InChI is InChI=1S/C27H28N2O9/c1-35-24(32)14-20(23-8-7-22(38-23)17-3-5-18(6-4-17)27(34)36-2)26-25(33)21(31)13-19(37-26)15-28-9-11-29(16-30)12-10-28/h3-8,13,16,20,33H,9-12,14-15H2,1-2H3/t20-/m1/s1. The molecule has 0 unspecified atom stereocenters. The van der Waals surface area contributed by atoms with Crippen molar-refractivity contribution in [3.8, 4) is 17.1 Å². The second-order valence-corrected chi connectivity index (χ2v) is 8.81. The molecule has 11 nitrogen and oxygen atoms in total. The number of aromatic hydroxyl groups is 1. The topological polar surface area (TPSA) is 140 Å². The smallest absolute Gasteiger partial charge is 0.337 e. The molecule has 3 aromatic rings. The Labute approximate surface area is 218 Å². The fraction of sp³-hybridized carbons (Fsp3) is 0.333. The van der Waals surface area contributed by atoms with Crippen molar-refractivity contribution >= 4 is 18.3 Å². The lowest BCUT2D eigenvalue weighted by Gasteiger charge is -2.32. The highest BCUT2D eigenvalue weighted by Gasteiger charge is 2.30. The van der Waals surface area contributed by atoms with Gasteiger partial charge in [-0.25, -0.2) is 4.79 Å². The van der Waals surface area contributed by atoms with Crippen molar-refractivity contribution in [3.05, 3.63) is 75.5 Å². The summed E-state index contributed by atoms with van der Waals surface area (Å²) in [7, 11) is 2.54. The van der Waals surface area contributed by atoms with E-state index in [-0.39, 0.29) is 24.5 Å². The predicted molar refractivity (Wildman–Crippen MR) is 134 cm³/mol. The normalized spacial score (nSPS) is 14.6. The first-order valence-corrected chi connectivity index (χ1v) is 12.0. The van der Waals surface area contributed by atoms with Gasteiger partial charge in [0.1, 0.15) is 17.3 Å². The van der Waals surface area contributed by atoms with Gasteiger partial charge in [0.25, 0.3) is 0 Å². The van der Waals surface area contributed by atoms with Crippen molar-refractivity contribution in [2.75, 3.05) is 40.4 Å². The number of nitrogens with zero attached hydrogens (tertiary/aromatic N) is 2. The van der Waals surface area contributed by atoms with Crippen molar-refractivity contribution in [2.45, 2.75) is 18.9 Å². The van der Waals surface area contributed by atoms with E-state index < -0.39 is 29.0 Å². The van der Waals surface area contributed by atoms with Crippen molar-refractivity contribution in [3.63, 3.8) is 0 Å². The third-order valence-corrected chi connectivity index (χ3v) is 6.41. The lowest BCUT2D eigenvalue weighted by molar-refractivity contribution is -0.141. The molecule has 1 aliphatic heterocycles. The summed E-state index contributed by atoms with van der Waals surface area (Å²) in [5, 5.41) is 10.6. The first kappa shape index (κ1) is 26.7. The summed E-state index contributed by atoms with van der Waals surface area (Å²) in [6, 6.07) is 11.1. The van der Waals surface area contributed by atoms with Gasteiger partial charge in [0, 0.05) is 37.8 Å². The van der Waals surface area contributed by atoms with Gasteiger partial charge in [-0.1, -0.05) is 12.1 Å².